The van der Waals surface area contributed by atoms with Gasteiger partial charge in [-0.15, -0.1) is 9.08 Å². The van der Waals surface area contributed by atoms with Gasteiger partial charge in [0.2, 0.25) is 0 Å². The van der Waals surface area contributed by atoms with Crippen LogP contribution in [0.5, 0.6) is 5.75 Å². The zero-order valence-corrected chi connectivity index (χ0v) is 22.0. The Morgan fingerprint density at radius 3 is 2.74 bits per heavy atom. The summed E-state index contributed by atoms with van der Waals surface area (Å²) in [6.45, 7) is 5.35. The molecule has 0 amide bonds. The molecule has 2 unspecified atom stereocenters. The molecule has 11 heteroatoms. The molecule has 0 aliphatic carbocycles. The minimum atomic E-state index is -1.25. The van der Waals surface area contributed by atoms with E-state index in [0.717, 1.165) is 17.5 Å². The molecule has 2 atom stereocenters. The number of aromatic carboxylic acids is 1. The Bertz CT molecular complexity index is 1720. The lowest BCUT2D eigenvalue weighted by Crippen LogP contribution is -2.50. The summed E-state index contributed by atoms with van der Waals surface area (Å²) in [7, 11) is 1.68. The van der Waals surface area contributed by atoms with Gasteiger partial charge < -0.3 is 14.6 Å². The van der Waals surface area contributed by atoms with Gasteiger partial charge in [0.1, 0.15) is 30.7 Å². The van der Waals surface area contributed by atoms with Crippen molar-refractivity contribution < 1.29 is 24.5 Å². The molecular weight excluding hydrogens is 502 g/mol. The molecule has 0 saturated carbocycles. The molecule has 2 aliphatic rings. The van der Waals surface area contributed by atoms with Gasteiger partial charge in [-0.1, -0.05) is 6.07 Å². The highest BCUT2D eigenvalue weighted by Crippen LogP contribution is 2.51. The maximum absolute atomic E-state index is 12.7. The molecule has 4 aromatic rings. The van der Waals surface area contributed by atoms with Crippen molar-refractivity contribution in [1.29, 1.82) is 0 Å². The molecule has 0 radical (unpaired) electrons. The van der Waals surface area contributed by atoms with Crippen molar-refractivity contribution in [3.05, 3.63) is 86.7 Å². The molecule has 1 fully saturated rings. The lowest BCUT2D eigenvalue weighted by Gasteiger charge is -2.45. The van der Waals surface area contributed by atoms with Gasteiger partial charge in [-0.2, -0.15) is 5.10 Å². The Hall–Kier alpha value is -4.38. The van der Waals surface area contributed by atoms with Crippen LogP contribution in [0.1, 0.15) is 42.2 Å². The molecule has 1 aromatic carbocycles. The first-order valence-electron chi connectivity index (χ1n) is 12.8. The number of aromatic nitrogens is 4. The van der Waals surface area contributed by atoms with E-state index in [9.17, 15) is 19.5 Å². The van der Waals surface area contributed by atoms with Crippen molar-refractivity contribution in [2.45, 2.75) is 38.4 Å². The number of ether oxygens (including phenoxy) is 2. The molecule has 2 N–H and O–H groups in total. The largest absolute Gasteiger partial charge is 0.492 e. The smallest absolute Gasteiger partial charge is 0.451 e. The molecular formula is C28H30N5O6+. The molecule has 39 heavy (non-hydrogen) atoms. The van der Waals surface area contributed by atoms with E-state index in [1.807, 2.05) is 35.0 Å². The van der Waals surface area contributed by atoms with Crippen LogP contribution in [0.25, 0.3) is 16.9 Å². The van der Waals surface area contributed by atoms with Crippen LogP contribution in [0.4, 0.5) is 0 Å². The molecule has 1 saturated heterocycles. The summed E-state index contributed by atoms with van der Waals surface area (Å²) in [6.07, 6.45) is 3.96. The van der Waals surface area contributed by atoms with Gasteiger partial charge in [-0.05, 0) is 50.1 Å². The number of pyridine rings is 2. The van der Waals surface area contributed by atoms with Crippen molar-refractivity contribution in [3.8, 4) is 17.0 Å². The molecule has 0 spiro atoms. The van der Waals surface area contributed by atoms with Gasteiger partial charge in [0.05, 0.1) is 23.9 Å². The van der Waals surface area contributed by atoms with Crippen LogP contribution in [-0.2, 0) is 11.3 Å². The maximum Gasteiger partial charge on any atom is 0.451 e. The lowest BCUT2D eigenvalue weighted by molar-refractivity contribution is -0.466. The summed E-state index contributed by atoms with van der Waals surface area (Å²) in [5.41, 5.74) is 1.85. The van der Waals surface area contributed by atoms with E-state index in [0.29, 0.717) is 30.2 Å². The Kier molecular flexibility index (Phi) is 5.83. The van der Waals surface area contributed by atoms with E-state index in [4.69, 9.17) is 9.47 Å². The maximum atomic E-state index is 12.7. The molecule has 6 rings (SSSR count). The predicted octanol–water partition coefficient (Wildman–Crippen LogP) is 1.96. The molecule has 3 aromatic heterocycles. The molecule has 202 valence electrons. The number of nitrogens with zero attached hydrogens (tertiary/aromatic N) is 4. The standard InChI is InChI=1S/C28H29N5O6/c1-28(2)14-17(16-38-3)25-20-12-18(39-11-10-31-27(37)30-9-5-4-6-24(30)29-31)7-8-19(20)22-13-23(34)21(26(35)36)15-32(22)33(25)28/h4-9,12-13,15,17,25H,10-11,14,16H2,1-3H3,(H,35,36)/p+1. The number of carboxylic acids is 1. The van der Waals surface area contributed by atoms with Crippen LogP contribution in [0.15, 0.2) is 64.4 Å². The average Bonchev–Trinajstić information content (AvgIpc) is 3.36. The van der Waals surface area contributed by atoms with Crippen molar-refractivity contribution in [1.82, 2.24) is 13.8 Å². The van der Waals surface area contributed by atoms with Crippen LogP contribution in [0, 0.1) is 5.92 Å². The second-order valence-corrected chi connectivity index (χ2v) is 10.7. The van der Waals surface area contributed by atoms with Crippen LogP contribution in [-0.4, -0.2) is 50.7 Å². The first-order valence-corrected chi connectivity index (χ1v) is 12.8. The van der Waals surface area contributed by atoms with Crippen LogP contribution in [0.2, 0.25) is 0 Å². The van der Waals surface area contributed by atoms with Gasteiger partial charge >= 0.3 is 17.3 Å². The summed E-state index contributed by atoms with van der Waals surface area (Å²) in [6, 6.07) is 12.5. The average molecular weight is 533 g/mol. The number of methoxy groups -OCH3 is 1. The third-order valence-electron chi connectivity index (χ3n) is 7.71. The first kappa shape index (κ1) is 24.9. The number of hydrogen-bond acceptors (Lipinski definition) is 6. The normalized spacial score (nSPS) is 19.0. The van der Waals surface area contributed by atoms with Gasteiger partial charge in [0.15, 0.2) is 5.43 Å². The monoisotopic (exact) mass is 532 g/mol. The first-order chi connectivity index (χ1) is 18.7. The number of nitrogens with one attached hydrogen (secondary N) is 1. The summed E-state index contributed by atoms with van der Waals surface area (Å²) in [4.78, 5) is 37.1. The second kappa shape index (κ2) is 9.12. The van der Waals surface area contributed by atoms with E-state index < -0.39 is 11.4 Å². The van der Waals surface area contributed by atoms with Gasteiger partial charge in [0.25, 0.3) is 0 Å². The van der Waals surface area contributed by atoms with E-state index in [2.05, 4.69) is 24.0 Å². The van der Waals surface area contributed by atoms with Crippen LogP contribution in [0.3, 0.4) is 0 Å². The number of rotatable bonds is 7. The SMILES string of the molecule is COCC1CC(C)(C)N2C1c1cc(OCCn3[nH+]c4ccccn4c3=O)ccc1-c1cc(=O)c(C(=O)O)cn12. The number of carbonyl (C=O) groups is 1. The Morgan fingerprint density at radius 2 is 2.00 bits per heavy atom. The Balaban J connectivity index is 1.37. The molecule has 11 nitrogen and oxygen atoms in total. The van der Waals surface area contributed by atoms with Crippen molar-refractivity contribution in [3.63, 3.8) is 0 Å². The van der Waals surface area contributed by atoms with Crippen molar-refractivity contribution in [2.75, 3.05) is 25.3 Å². The highest BCUT2D eigenvalue weighted by Gasteiger charge is 2.50. The molecule has 0 bridgehead atoms. The third-order valence-corrected chi connectivity index (χ3v) is 7.71. The van der Waals surface area contributed by atoms with Crippen LogP contribution < -0.4 is 26.0 Å². The summed E-state index contributed by atoms with van der Waals surface area (Å²) in [5, 5.41) is 14.9. The zero-order valence-electron chi connectivity index (χ0n) is 22.0. The van der Waals surface area contributed by atoms with Crippen LogP contribution >= 0.6 is 0 Å². The fourth-order valence-electron chi connectivity index (χ4n) is 6.19. The van der Waals surface area contributed by atoms with Crippen molar-refractivity contribution in [2.24, 2.45) is 5.92 Å². The van der Waals surface area contributed by atoms with Gasteiger partial charge in [0, 0.05) is 36.9 Å². The zero-order chi connectivity index (χ0) is 27.5. The fraction of sp³-hybridized carbons (Fsp3) is 0.357. The van der Waals surface area contributed by atoms with Crippen molar-refractivity contribution >= 4 is 11.6 Å². The van der Waals surface area contributed by atoms with Gasteiger partial charge in [-0.3, -0.25) is 14.5 Å². The number of fused-ring (bicyclic) bond motifs is 7. The molecule has 5 heterocycles. The number of aromatic amines is 1. The third kappa shape index (κ3) is 4.00. The fourth-order valence-corrected chi connectivity index (χ4v) is 6.19. The van der Waals surface area contributed by atoms with E-state index in [1.54, 1.807) is 23.8 Å². The van der Waals surface area contributed by atoms with E-state index in [-0.39, 0.29) is 35.4 Å². The Morgan fingerprint density at radius 1 is 1.18 bits per heavy atom. The summed E-state index contributed by atoms with van der Waals surface area (Å²) < 4.78 is 16.6. The molecule has 2 aliphatic heterocycles. The highest BCUT2D eigenvalue weighted by atomic mass is 16.5. The van der Waals surface area contributed by atoms with Gasteiger partial charge in [-0.25, -0.2) is 9.59 Å². The second-order valence-electron chi connectivity index (χ2n) is 10.7. The summed E-state index contributed by atoms with van der Waals surface area (Å²) >= 11 is 0. The minimum Gasteiger partial charge on any atom is -0.492 e. The number of hydrogen-bond donors (Lipinski definition) is 1. The highest BCUT2D eigenvalue weighted by molar-refractivity contribution is 5.88. The minimum absolute atomic E-state index is 0.122. The predicted molar refractivity (Wildman–Crippen MR) is 142 cm³/mol. The number of benzene rings is 1. The van der Waals surface area contributed by atoms with E-state index >= 15 is 0 Å². The quantitative estimate of drug-likeness (QED) is 0.386. The number of H-pyrrole nitrogens is 1. The lowest BCUT2D eigenvalue weighted by atomic mass is 9.87. The topological polar surface area (TPSA) is 122 Å². The Labute approximate surface area is 223 Å². The number of carboxylic acid groups (broad SMARTS) is 1. The van der Waals surface area contributed by atoms with E-state index in [1.165, 1.54) is 16.9 Å². The summed E-state index contributed by atoms with van der Waals surface area (Å²) in [5.74, 6) is -0.481.